The number of hydrogen-bond donors (Lipinski definition) is 0. The average Bonchev–Trinajstić information content (AvgIpc) is 3.17. The Hall–Kier alpha value is -2.57. The minimum Gasteiger partial charge on any atom is -0.375 e. The predicted octanol–water partition coefficient (Wildman–Crippen LogP) is 3.88. The molecule has 0 bridgehead atoms. The fourth-order valence-electron chi connectivity index (χ4n) is 3.34. The lowest BCUT2D eigenvalue weighted by atomic mass is 10.1. The Bertz CT molecular complexity index is 927. The molecule has 1 atom stereocenters. The van der Waals surface area contributed by atoms with Gasteiger partial charge in [0, 0.05) is 24.3 Å². The average molecular weight is 394 g/mol. The maximum atomic E-state index is 12.7. The Balaban J connectivity index is 1.59. The molecule has 1 aromatic heterocycles. The Kier molecular flexibility index (Phi) is 5.78. The van der Waals surface area contributed by atoms with Crippen molar-refractivity contribution >= 4 is 17.7 Å². The second-order valence-corrected chi connectivity index (χ2v) is 7.72. The van der Waals surface area contributed by atoms with Crippen LogP contribution in [0, 0.1) is 0 Å². The summed E-state index contributed by atoms with van der Waals surface area (Å²) >= 11 is 1.48. The molecule has 4 rings (SSSR count). The van der Waals surface area contributed by atoms with Gasteiger partial charge in [0.05, 0.1) is 30.4 Å². The van der Waals surface area contributed by atoms with Crippen LogP contribution in [0.3, 0.4) is 0 Å². The summed E-state index contributed by atoms with van der Waals surface area (Å²) < 4.78 is 7.65. The van der Waals surface area contributed by atoms with Crippen LogP contribution >= 0.6 is 11.8 Å². The van der Waals surface area contributed by atoms with Gasteiger partial charge in [0.2, 0.25) is 5.91 Å². The number of nitrogens with zero attached hydrogens (tertiary/aromatic N) is 3. The number of morpholine rings is 1. The lowest BCUT2D eigenvalue weighted by molar-refractivity contribution is -0.135. The minimum atomic E-state index is 0.0960. The fourth-order valence-corrected chi connectivity index (χ4v) is 4.23. The molecular formula is C22H23N3O2S. The fraction of sp³-hybridized carbons (Fsp3) is 0.273. The number of amides is 1. The highest BCUT2D eigenvalue weighted by Gasteiger charge is 2.22. The first kappa shape index (κ1) is 18.8. The first-order valence-corrected chi connectivity index (χ1v) is 10.4. The first-order chi connectivity index (χ1) is 13.7. The summed E-state index contributed by atoms with van der Waals surface area (Å²) in [6.07, 6.45) is 1.98. The maximum Gasteiger partial charge on any atom is 0.233 e. The molecule has 1 aliphatic rings. The van der Waals surface area contributed by atoms with Crippen LogP contribution in [0.4, 0.5) is 0 Å². The summed E-state index contributed by atoms with van der Waals surface area (Å²) in [6.45, 7) is 3.92. The number of benzene rings is 2. The van der Waals surface area contributed by atoms with Gasteiger partial charge >= 0.3 is 0 Å². The number of rotatable bonds is 5. The van der Waals surface area contributed by atoms with Gasteiger partial charge in [-0.15, -0.1) is 0 Å². The third-order valence-corrected chi connectivity index (χ3v) is 5.67. The molecule has 1 fully saturated rings. The molecule has 0 saturated carbocycles. The van der Waals surface area contributed by atoms with Crippen molar-refractivity contribution < 1.29 is 9.53 Å². The van der Waals surface area contributed by atoms with Crippen LogP contribution in [0.1, 0.15) is 6.92 Å². The molecule has 1 saturated heterocycles. The van der Waals surface area contributed by atoms with E-state index in [0.717, 1.165) is 22.1 Å². The summed E-state index contributed by atoms with van der Waals surface area (Å²) in [4.78, 5) is 19.2. The van der Waals surface area contributed by atoms with Crippen molar-refractivity contribution in [2.24, 2.45) is 0 Å². The molecule has 0 spiro atoms. The third kappa shape index (κ3) is 4.13. The van der Waals surface area contributed by atoms with Gasteiger partial charge in [0.25, 0.3) is 0 Å². The molecule has 2 aromatic carbocycles. The van der Waals surface area contributed by atoms with E-state index in [2.05, 4.69) is 33.8 Å². The molecule has 0 radical (unpaired) electrons. The number of carbonyl (C=O) groups excluding carboxylic acids is 1. The zero-order valence-corrected chi connectivity index (χ0v) is 16.6. The number of hydrogen-bond acceptors (Lipinski definition) is 4. The van der Waals surface area contributed by atoms with Crippen LogP contribution in [-0.2, 0) is 9.53 Å². The second kappa shape index (κ2) is 8.63. The Labute approximate surface area is 169 Å². The molecule has 0 aliphatic carbocycles. The van der Waals surface area contributed by atoms with Crippen LogP contribution < -0.4 is 0 Å². The lowest BCUT2D eigenvalue weighted by Crippen LogP contribution is -2.45. The van der Waals surface area contributed by atoms with Crippen molar-refractivity contribution in [3.63, 3.8) is 0 Å². The van der Waals surface area contributed by atoms with E-state index < -0.39 is 0 Å². The highest BCUT2D eigenvalue weighted by molar-refractivity contribution is 7.99. The Morgan fingerprint density at radius 2 is 1.86 bits per heavy atom. The number of thioether (sulfide) groups is 1. The quantitative estimate of drug-likeness (QED) is 0.617. The van der Waals surface area contributed by atoms with E-state index in [1.807, 2.05) is 54.4 Å². The highest BCUT2D eigenvalue weighted by Crippen LogP contribution is 2.30. The van der Waals surface area contributed by atoms with Crippen LogP contribution in [0.15, 0.2) is 72.0 Å². The highest BCUT2D eigenvalue weighted by atomic mass is 32.2. The smallest absolute Gasteiger partial charge is 0.233 e. The molecule has 0 N–H and O–H groups in total. The second-order valence-electron chi connectivity index (χ2n) is 6.77. The summed E-state index contributed by atoms with van der Waals surface area (Å²) in [7, 11) is 0. The summed E-state index contributed by atoms with van der Waals surface area (Å²) in [6, 6.07) is 20.3. The van der Waals surface area contributed by atoms with Crippen molar-refractivity contribution in [1.82, 2.24) is 14.5 Å². The molecule has 3 aromatic rings. The van der Waals surface area contributed by atoms with E-state index in [9.17, 15) is 4.79 Å². The van der Waals surface area contributed by atoms with Crippen molar-refractivity contribution in [3.05, 3.63) is 66.9 Å². The third-order valence-electron chi connectivity index (χ3n) is 4.73. The van der Waals surface area contributed by atoms with Crippen LogP contribution in [0.5, 0.6) is 0 Å². The van der Waals surface area contributed by atoms with Gasteiger partial charge in [-0.1, -0.05) is 60.3 Å². The number of imidazole rings is 1. The SMILES string of the molecule is CC1CN(C(=O)CSc2ncc(-c3ccccc3)n2-c2ccccc2)CCO1. The van der Waals surface area contributed by atoms with Gasteiger partial charge in [0.1, 0.15) is 0 Å². The Morgan fingerprint density at radius 1 is 1.14 bits per heavy atom. The predicted molar refractivity (Wildman–Crippen MR) is 112 cm³/mol. The number of carbonyl (C=O) groups is 1. The van der Waals surface area contributed by atoms with Gasteiger partial charge in [-0.25, -0.2) is 4.98 Å². The van der Waals surface area contributed by atoms with Crippen molar-refractivity contribution in [3.8, 4) is 16.9 Å². The molecule has 1 aliphatic heterocycles. The first-order valence-electron chi connectivity index (χ1n) is 9.43. The summed E-state index contributed by atoms with van der Waals surface area (Å²) in [5.41, 5.74) is 3.15. The zero-order valence-electron chi connectivity index (χ0n) is 15.8. The molecule has 1 amide bonds. The molecule has 5 nitrogen and oxygen atoms in total. The topological polar surface area (TPSA) is 47.4 Å². The van der Waals surface area contributed by atoms with Gasteiger partial charge in [-0.3, -0.25) is 9.36 Å². The van der Waals surface area contributed by atoms with E-state index >= 15 is 0 Å². The molecule has 6 heteroatoms. The van der Waals surface area contributed by atoms with Crippen LogP contribution in [0.25, 0.3) is 16.9 Å². The number of ether oxygens (including phenoxy) is 1. The van der Waals surface area contributed by atoms with E-state index in [0.29, 0.717) is 25.4 Å². The summed E-state index contributed by atoms with van der Waals surface area (Å²) in [5, 5.41) is 0.819. The van der Waals surface area contributed by atoms with Gasteiger partial charge < -0.3 is 9.64 Å². The normalized spacial score (nSPS) is 16.9. The summed E-state index contributed by atoms with van der Waals surface area (Å²) in [5.74, 6) is 0.495. The van der Waals surface area contributed by atoms with Crippen molar-refractivity contribution in [1.29, 1.82) is 0 Å². The lowest BCUT2D eigenvalue weighted by Gasteiger charge is -2.31. The minimum absolute atomic E-state index is 0.0960. The van der Waals surface area contributed by atoms with Gasteiger partial charge in [0.15, 0.2) is 5.16 Å². The molecule has 1 unspecified atom stereocenters. The van der Waals surface area contributed by atoms with Crippen LogP contribution in [-0.4, -0.2) is 51.9 Å². The molecule has 144 valence electrons. The van der Waals surface area contributed by atoms with Crippen LogP contribution in [0.2, 0.25) is 0 Å². The number of aromatic nitrogens is 2. The Morgan fingerprint density at radius 3 is 2.57 bits per heavy atom. The van der Waals surface area contributed by atoms with Gasteiger partial charge in [-0.2, -0.15) is 0 Å². The molecule has 2 heterocycles. The number of para-hydroxylation sites is 1. The van der Waals surface area contributed by atoms with E-state index in [1.165, 1.54) is 11.8 Å². The standard InChI is InChI=1S/C22H23N3O2S/c1-17-15-24(12-13-27-17)21(26)16-28-22-23-14-20(18-8-4-2-5-9-18)25(22)19-10-6-3-7-11-19/h2-11,14,17H,12-13,15-16H2,1H3. The van der Waals surface area contributed by atoms with E-state index in [1.54, 1.807) is 0 Å². The maximum absolute atomic E-state index is 12.7. The van der Waals surface area contributed by atoms with Gasteiger partial charge in [-0.05, 0) is 19.1 Å². The van der Waals surface area contributed by atoms with Crippen molar-refractivity contribution in [2.45, 2.75) is 18.2 Å². The van der Waals surface area contributed by atoms with E-state index in [4.69, 9.17) is 4.74 Å². The zero-order chi connectivity index (χ0) is 19.3. The van der Waals surface area contributed by atoms with E-state index in [-0.39, 0.29) is 12.0 Å². The monoisotopic (exact) mass is 393 g/mol. The molecule has 28 heavy (non-hydrogen) atoms. The molecular weight excluding hydrogens is 370 g/mol. The largest absolute Gasteiger partial charge is 0.375 e. The van der Waals surface area contributed by atoms with Crippen molar-refractivity contribution in [2.75, 3.05) is 25.4 Å².